The average molecular weight is 1140 g/mol. The van der Waals surface area contributed by atoms with Crippen molar-refractivity contribution >= 4 is 5.91 Å². The summed E-state index contributed by atoms with van der Waals surface area (Å²) in [6.07, 6.45) is 70.4. The normalized spacial score (nSPS) is 18.3. The molecule has 7 atom stereocenters. The van der Waals surface area contributed by atoms with Gasteiger partial charge in [0.1, 0.15) is 24.4 Å². The number of hydrogen-bond acceptors (Lipinski definition) is 8. The van der Waals surface area contributed by atoms with Crippen LogP contribution in [0.25, 0.3) is 0 Å². The third-order valence-electron chi connectivity index (χ3n) is 18.0. The monoisotopic (exact) mass is 1140 g/mol. The molecule has 0 radical (unpaired) electrons. The summed E-state index contributed by atoms with van der Waals surface area (Å²) >= 11 is 0. The third-order valence-corrected chi connectivity index (χ3v) is 18.0. The van der Waals surface area contributed by atoms with Crippen LogP contribution in [0.15, 0.2) is 0 Å². The molecular formula is C71H141NO8. The van der Waals surface area contributed by atoms with Crippen molar-refractivity contribution in [3.8, 4) is 0 Å². The first-order valence-electron chi connectivity index (χ1n) is 36.2. The van der Waals surface area contributed by atoms with Crippen molar-refractivity contribution < 1.29 is 39.8 Å². The van der Waals surface area contributed by atoms with Crippen LogP contribution in [0.3, 0.4) is 0 Å². The number of amides is 1. The van der Waals surface area contributed by atoms with Crippen LogP contribution in [-0.2, 0) is 14.3 Å². The molecule has 80 heavy (non-hydrogen) atoms. The van der Waals surface area contributed by atoms with Crippen molar-refractivity contribution in [2.75, 3.05) is 13.2 Å². The molecule has 0 aromatic carbocycles. The predicted octanol–water partition coefficient (Wildman–Crippen LogP) is 19.7. The Bertz CT molecular complexity index is 1220. The molecular weight excluding hydrogens is 995 g/mol. The van der Waals surface area contributed by atoms with Crippen LogP contribution in [0.1, 0.15) is 393 Å². The van der Waals surface area contributed by atoms with Crippen molar-refractivity contribution in [2.24, 2.45) is 0 Å². The second kappa shape index (κ2) is 61.3. The fourth-order valence-corrected chi connectivity index (χ4v) is 12.3. The molecule has 0 aromatic heterocycles. The lowest BCUT2D eigenvalue weighted by atomic mass is 9.99. The second-order valence-electron chi connectivity index (χ2n) is 25.8. The molecule has 1 fully saturated rings. The zero-order valence-electron chi connectivity index (χ0n) is 53.6. The summed E-state index contributed by atoms with van der Waals surface area (Å²) in [7, 11) is 0. The number of aliphatic hydroxyl groups is 5. The quantitative estimate of drug-likeness (QED) is 0.0330. The van der Waals surface area contributed by atoms with E-state index in [9.17, 15) is 30.3 Å². The fourth-order valence-electron chi connectivity index (χ4n) is 12.3. The molecule has 0 saturated carbocycles. The Balaban J connectivity index is 2.08. The minimum atomic E-state index is -1.55. The summed E-state index contributed by atoms with van der Waals surface area (Å²) in [5, 5.41) is 55.0. The van der Waals surface area contributed by atoms with E-state index in [-0.39, 0.29) is 12.5 Å². The van der Waals surface area contributed by atoms with E-state index in [0.717, 1.165) is 38.5 Å². The molecule has 1 rings (SSSR count). The molecule has 9 nitrogen and oxygen atoms in total. The zero-order valence-corrected chi connectivity index (χ0v) is 53.6. The fraction of sp³-hybridized carbons (Fsp3) is 0.986. The number of carbonyl (C=O) groups excluding carboxylic acids is 1. The summed E-state index contributed by atoms with van der Waals surface area (Å²) < 4.78 is 11.4. The van der Waals surface area contributed by atoms with Gasteiger partial charge < -0.3 is 40.3 Å². The molecule has 1 aliphatic heterocycles. The minimum absolute atomic E-state index is 0.130. The molecule has 1 heterocycles. The van der Waals surface area contributed by atoms with E-state index in [1.807, 2.05) is 0 Å². The van der Waals surface area contributed by atoms with Gasteiger partial charge in [-0.25, -0.2) is 0 Å². The van der Waals surface area contributed by atoms with Crippen LogP contribution in [0.5, 0.6) is 0 Å². The Hall–Kier alpha value is -0.810. The Morgan fingerprint density at radius 3 is 0.887 bits per heavy atom. The first-order valence-corrected chi connectivity index (χ1v) is 36.2. The maximum atomic E-state index is 13.2. The van der Waals surface area contributed by atoms with Gasteiger partial charge in [-0.2, -0.15) is 0 Å². The van der Waals surface area contributed by atoms with E-state index in [2.05, 4.69) is 19.2 Å². The number of nitrogens with one attached hydrogen (secondary N) is 1. The number of ether oxygens (including phenoxy) is 2. The number of rotatable bonds is 65. The highest BCUT2D eigenvalue weighted by Gasteiger charge is 2.44. The van der Waals surface area contributed by atoms with Crippen LogP contribution < -0.4 is 5.32 Å². The molecule has 0 spiro atoms. The maximum absolute atomic E-state index is 13.2. The smallest absolute Gasteiger partial charge is 0.220 e. The summed E-state index contributed by atoms with van der Waals surface area (Å²) in [6.45, 7) is 3.91. The standard InChI is InChI=1S/C71H141NO8/c1-3-5-7-9-11-13-15-17-19-21-23-25-27-29-31-32-33-35-37-39-41-43-45-47-49-51-53-55-57-59-61-67(75)72-64(63-79-71-70(78)69(77)68(76)66(62-73)80-71)65(74)60-58-56-54-52-50-48-46-44-42-40-38-36-34-30-28-26-24-22-20-18-16-14-12-10-8-6-4-2/h64-66,68-71,73-74,76-78H,3-63H2,1-2H3,(H,72,75). The van der Waals surface area contributed by atoms with Gasteiger partial charge in [0.25, 0.3) is 0 Å². The third kappa shape index (κ3) is 49.5. The van der Waals surface area contributed by atoms with E-state index in [4.69, 9.17) is 9.47 Å². The van der Waals surface area contributed by atoms with Gasteiger partial charge in [-0.05, 0) is 12.8 Å². The highest BCUT2D eigenvalue weighted by Crippen LogP contribution is 2.24. The lowest BCUT2D eigenvalue weighted by molar-refractivity contribution is -0.302. The van der Waals surface area contributed by atoms with Crippen LogP contribution in [-0.4, -0.2) is 87.5 Å². The molecule has 9 heteroatoms. The van der Waals surface area contributed by atoms with Gasteiger partial charge in [0.2, 0.25) is 5.91 Å². The topological polar surface area (TPSA) is 149 Å². The van der Waals surface area contributed by atoms with E-state index in [1.54, 1.807) is 0 Å². The predicted molar refractivity (Wildman–Crippen MR) is 341 cm³/mol. The van der Waals surface area contributed by atoms with Gasteiger partial charge in [-0.3, -0.25) is 4.79 Å². The summed E-state index contributed by atoms with van der Waals surface area (Å²) in [4.78, 5) is 13.2. The van der Waals surface area contributed by atoms with E-state index in [0.29, 0.717) is 12.8 Å². The van der Waals surface area contributed by atoms with Crippen LogP contribution in [0, 0.1) is 0 Å². The van der Waals surface area contributed by atoms with Crippen molar-refractivity contribution in [1.29, 1.82) is 0 Å². The lowest BCUT2D eigenvalue weighted by Crippen LogP contribution is -2.60. The maximum Gasteiger partial charge on any atom is 0.220 e. The summed E-state index contributed by atoms with van der Waals surface area (Å²) in [5.74, 6) is -0.133. The summed E-state index contributed by atoms with van der Waals surface area (Å²) in [6, 6.07) is -0.715. The van der Waals surface area contributed by atoms with Crippen molar-refractivity contribution in [1.82, 2.24) is 5.32 Å². The van der Waals surface area contributed by atoms with Crippen LogP contribution in [0.4, 0.5) is 0 Å². The molecule has 0 aliphatic carbocycles. The Morgan fingerprint density at radius 2 is 0.625 bits per heavy atom. The molecule has 478 valence electrons. The van der Waals surface area contributed by atoms with Crippen molar-refractivity contribution in [3.05, 3.63) is 0 Å². The first kappa shape index (κ1) is 77.2. The van der Waals surface area contributed by atoms with Gasteiger partial charge in [0.05, 0.1) is 25.4 Å². The van der Waals surface area contributed by atoms with Gasteiger partial charge in [0, 0.05) is 6.42 Å². The van der Waals surface area contributed by atoms with Gasteiger partial charge >= 0.3 is 0 Å². The molecule has 0 aromatic rings. The zero-order chi connectivity index (χ0) is 57.9. The lowest BCUT2D eigenvalue weighted by Gasteiger charge is -2.40. The molecule has 7 unspecified atom stereocenters. The largest absolute Gasteiger partial charge is 0.394 e. The van der Waals surface area contributed by atoms with Crippen molar-refractivity contribution in [3.63, 3.8) is 0 Å². The molecule has 1 aliphatic rings. The van der Waals surface area contributed by atoms with Crippen LogP contribution >= 0.6 is 0 Å². The highest BCUT2D eigenvalue weighted by molar-refractivity contribution is 5.76. The molecule has 6 N–H and O–H groups in total. The van der Waals surface area contributed by atoms with E-state index < -0.39 is 49.5 Å². The Labute approximate surface area is 497 Å². The van der Waals surface area contributed by atoms with Crippen LogP contribution in [0.2, 0.25) is 0 Å². The minimum Gasteiger partial charge on any atom is -0.394 e. The van der Waals surface area contributed by atoms with E-state index >= 15 is 0 Å². The second-order valence-corrected chi connectivity index (χ2v) is 25.8. The molecule has 0 bridgehead atoms. The Kier molecular flexibility index (Phi) is 59.1. The average Bonchev–Trinajstić information content (AvgIpc) is 3.49. The number of unbranched alkanes of at least 4 members (excludes halogenated alkanes) is 55. The van der Waals surface area contributed by atoms with E-state index in [1.165, 1.54) is 327 Å². The molecule has 1 saturated heterocycles. The number of aliphatic hydroxyl groups excluding tert-OH is 5. The number of carbonyl (C=O) groups is 1. The Morgan fingerprint density at radius 1 is 0.375 bits per heavy atom. The molecule has 1 amide bonds. The van der Waals surface area contributed by atoms with Gasteiger partial charge in [-0.15, -0.1) is 0 Å². The highest BCUT2D eigenvalue weighted by atomic mass is 16.7. The van der Waals surface area contributed by atoms with Crippen molar-refractivity contribution in [2.45, 2.75) is 436 Å². The van der Waals surface area contributed by atoms with Gasteiger partial charge in [-0.1, -0.05) is 373 Å². The first-order chi connectivity index (χ1) is 39.3. The van der Waals surface area contributed by atoms with Gasteiger partial charge in [0.15, 0.2) is 6.29 Å². The summed E-state index contributed by atoms with van der Waals surface area (Å²) in [5.41, 5.74) is 0. The SMILES string of the molecule is CCCCCCCCCCCCCCCCCCCCCCCCCCCCCCCCC(=O)NC(COC1OC(CO)C(O)C(O)C1O)C(O)CCCCCCCCCCCCCCCCCCCCCCCCCCCCC. The number of hydrogen-bond donors (Lipinski definition) is 6.